The van der Waals surface area contributed by atoms with Crippen molar-refractivity contribution in [3.8, 4) is 22.3 Å². The fraction of sp³-hybridized carbons (Fsp3) is 0.0682. The van der Waals surface area contributed by atoms with Gasteiger partial charge in [-0.2, -0.15) is 0 Å². The van der Waals surface area contributed by atoms with Crippen molar-refractivity contribution in [2.45, 2.75) is 19.3 Å². The topological polar surface area (TPSA) is 29.3 Å². The van der Waals surface area contributed by atoms with Crippen molar-refractivity contribution < 1.29 is 4.42 Å². The van der Waals surface area contributed by atoms with E-state index in [-0.39, 0.29) is 5.41 Å². The van der Waals surface area contributed by atoms with E-state index in [2.05, 4.69) is 139 Å². The van der Waals surface area contributed by atoms with Crippen molar-refractivity contribution in [3.05, 3.63) is 157 Å². The van der Waals surface area contributed by atoms with Gasteiger partial charge in [0, 0.05) is 59.5 Å². The van der Waals surface area contributed by atoms with Gasteiger partial charge in [0.1, 0.15) is 11.2 Å². The average molecular weight is 635 g/mol. The van der Waals surface area contributed by atoms with E-state index in [1.807, 2.05) is 41.9 Å². The summed E-state index contributed by atoms with van der Waals surface area (Å²) in [5.74, 6) is 0. The largest absolute Gasteiger partial charge is 0.455 e. The molecule has 228 valence electrons. The summed E-state index contributed by atoms with van der Waals surface area (Å²) in [6, 6.07) is 48.0. The number of aromatic nitrogens is 1. The van der Waals surface area contributed by atoms with Crippen molar-refractivity contribution in [2.24, 2.45) is 0 Å². The lowest BCUT2D eigenvalue weighted by Crippen LogP contribution is -2.15. The molecule has 6 aromatic carbocycles. The highest BCUT2D eigenvalue weighted by Gasteiger charge is 2.37. The van der Waals surface area contributed by atoms with Crippen molar-refractivity contribution in [3.63, 3.8) is 0 Å². The first-order valence-electron chi connectivity index (χ1n) is 16.4. The molecule has 0 fully saturated rings. The predicted molar refractivity (Wildman–Crippen MR) is 202 cm³/mol. The zero-order valence-electron chi connectivity index (χ0n) is 26.6. The second-order valence-electron chi connectivity index (χ2n) is 13.2. The molecule has 0 atom stereocenters. The van der Waals surface area contributed by atoms with E-state index < -0.39 is 0 Å². The normalized spacial score (nSPS) is 13.4. The molecule has 0 radical (unpaired) electrons. The molecule has 10 rings (SSSR count). The van der Waals surface area contributed by atoms with Crippen molar-refractivity contribution >= 4 is 70.5 Å². The van der Waals surface area contributed by atoms with Crippen LogP contribution in [0.3, 0.4) is 0 Å². The van der Waals surface area contributed by atoms with Gasteiger partial charge in [-0.05, 0) is 76.3 Å². The number of thiophene rings is 1. The Hall–Kier alpha value is -5.71. The second-order valence-corrected chi connectivity index (χ2v) is 14.3. The Morgan fingerprint density at radius 3 is 2.31 bits per heavy atom. The third kappa shape index (κ3) is 3.90. The number of furan rings is 1. The minimum absolute atomic E-state index is 0.0665. The Kier molecular flexibility index (Phi) is 5.79. The van der Waals surface area contributed by atoms with Gasteiger partial charge in [0.2, 0.25) is 0 Å². The van der Waals surface area contributed by atoms with Crippen LogP contribution in [0.4, 0.5) is 17.1 Å². The maximum absolute atomic E-state index is 6.43. The number of nitrogens with zero attached hydrogens (tertiary/aromatic N) is 2. The van der Waals surface area contributed by atoms with Crippen molar-refractivity contribution in [1.82, 2.24) is 4.98 Å². The van der Waals surface area contributed by atoms with Crippen molar-refractivity contribution in [2.75, 3.05) is 4.90 Å². The van der Waals surface area contributed by atoms with Crippen LogP contribution in [-0.2, 0) is 5.41 Å². The Bertz CT molecular complexity index is 2720. The smallest absolute Gasteiger partial charge is 0.143 e. The molecule has 0 amide bonds. The number of fused-ring (bicyclic) bond motifs is 10. The number of hydrogen-bond acceptors (Lipinski definition) is 4. The quantitative estimate of drug-likeness (QED) is 0.193. The summed E-state index contributed by atoms with van der Waals surface area (Å²) in [7, 11) is 0. The first-order valence-corrected chi connectivity index (χ1v) is 17.2. The van der Waals surface area contributed by atoms with Crippen LogP contribution in [0.25, 0.3) is 64.4 Å². The molecule has 3 heterocycles. The fourth-order valence-electron chi connectivity index (χ4n) is 7.99. The van der Waals surface area contributed by atoms with Gasteiger partial charge in [0.05, 0.1) is 11.9 Å². The molecule has 3 nitrogen and oxygen atoms in total. The summed E-state index contributed by atoms with van der Waals surface area (Å²) in [6.45, 7) is 4.75. The van der Waals surface area contributed by atoms with Crippen LogP contribution in [0, 0.1) is 0 Å². The van der Waals surface area contributed by atoms with Crippen molar-refractivity contribution in [1.29, 1.82) is 0 Å². The van der Waals surface area contributed by atoms with Gasteiger partial charge < -0.3 is 9.32 Å². The van der Waals surface area contributed by atoms with E-state index in [0.717, 1.165) is 50.1 Å². The highest BCUT2D eigenvalue weighted by molar-refractivity contribution is 7.25. The Morgan fingerprint density at radius 2 is 1.40 bits per heavy atom. The number of para-hydroxylation sites is 2. The maximum atomic E-state index is 6.43. The van der Waals surface area contributed by atoms with Crippen LogP contribution in [-0.4, -0.2) is 4.98 Å². The summed E-state index contributed by atoms with van der Waals surface area (Å²) in [4.78, 5) is 6.83. The molecule has 4 heteroatoms. The maximum Gasteiger partial charge on any atom is 0.143 e. The lowest BCUT2D eigenvalue weighted by molar-refractivity contribution is 0.667. The molecule has 0 unspecified atom stereocenters. The van der Waals surface area contributed by atoms with Gasteiger partial charge in [-0.25, -0.2) is 0 Å². The zero-order chi connectivity index (χ0) is 32.0. The van der Waals surface area contributed by atoms with Gasteiger partial charge in [-0.3, -0.25) is 4.98 Å². The third-order valence-corrected chi connectivity index (χ3v) is 11.2. The highest BCUT2D eigenvalue weighted by atomic mass is 32.1. The number of rotatable bonds is 4. The number of pyridine rings is 1. The Labute approximate surface area is 282 Å². The van der Waals surface area contributed by atoms with Gasteiger partial charge in [-0.1, -0.05) is 98.8 Å². The molecule has 1 aliphatic carbocycles. The second kappa shape index (κ2) is 10.1. The fourth-order valence-corrected chi connectivity index (χ4v) is 9.13. The molecule has 3 aromatic heterocycles. The SMILES string of the molecule is CC1(C)c2ccccc2-c2ccc3sc4cc(N(c5cccnc5)c5cccc(-c6cccc7c6oc6ccccc67)c5)ccc4c3c21. The van der Waals surface area contributed by atoms with Crippen LogP contribution in [0.5, 0.6) is 0 Å². The summed E-state index contributed by atoms with van der Waals surface area (Å²) in [5.41, 5.74) is 12.7. The molecule has 48 heavy (non-hydrogen) atoms. The average Bonchev–Trinajstić information content (AvgIpc) is 3.76. The molecule has 0 bridgehead atoms. The Morgan fingerprint density at radius 1 is 0.604 bits per heavy atom. The van der Waals surface area contributed by atoms with Gasteiger partial charge >= 0.3 is 0 Å². The molecule has 0 saturated heterocycles. The molecule has 0 spiro atoms. The summed E-state index contributed by atoms with van der Waals surface area (Å²) in [5, 5.41) is 4.96. The molecular weight excluding hydrogens is 605 g/mol. The molecule has 1 aliphatic rings. The van der Waals surface area contributed by atoms with Crippen LogP contribution in [0.1, 0.15) is 25.0 Å². The number of anilines is 3. The minimum atomic E-state index is -0.0665. The third-order valence-electron chi connectivity index (χ3n) is 10.1. The van der Waals surface area contributed by atoms with E-state index in [9.17, 15) is 0 Å². The zero-order valence-corrected chi connectivity index (χ0v) is 27.4. The van der Waals surface area contributed by atoms with E-state index >= 15 is 0 Å². The van der Waals surface area contributed by atoms with Crippen LogP contribution in [0.15, 0.2) is 150 Å². The number of benzene rings is 6. The molecule has 0 N–H and O–H groups in total. The predicted octanol–water partition coefficient (Wildman–Crippen LogP) is 12.8. The lowest BCUT2D eigenvalue weighted by Gasteiger charge is -2.26. The van der Waals surface area contributed by atoms with E-state index in [0.29, 0.717) is 0 Å². The first kappa shape index (κ1) is 27.4. The number of hydrogen-bond donors (Lipinski definition) is 0. The van der Waals surface area contributed by atoms with Crippen LogP contribution < -0.4 is 4.90 Å². The van der Waals surface area contributed by atoms with Gasteiger partial charge in [0.15, 0.2) is 0 Å². The molecular formula is C44H30N2OS. The lowest BCUT2D eigenvalue weighted by atomic mass is 9.80. The summed E-state index contributed by atoms with van der Waals surface area (Å²) < 4.78 is 9.04. The summed E-state index contributed by atoms with van der Waals surface area (Å²) in [6.07, 6.45) is 3.77. The Balaban J connectivity index is 1.14. The van der Waals surface area contributed by atoms with E-state index in [1.54, 1.807) is 0 Å². The minimum Gasteiger partial charge on any atom is -0.455 e. The molecule has 9 aromatic rings. The van der Waals surface area contributed by atoms with Crippen LogP contribution in [0.2, 0.25) is 0 Å². The molecule has 0 saturated carbocycles. The monoisotopic (exact) mass is 634 g/mol. The van der Waals surface area contributed by atoms with E-state index in [4.69, 9.17) is 4.42 Å². The summed E-state index contributed by atoms with van der Waals surface area (Å²) >= 11 is 1.88. The highest BCUT2D eigenvalue weighted by Crippen LogP contribution is 2.54. The first-order chi connectivity index (χ1) is 23.6. The van der Waals surface area contributed by atoms with Gasteiger partial charge in [-0.15, -0.1) is 11.3 Å². The van der Waals surface area contributed by atoms with Crippen LogP contribution >= 0.6 is 11.3 Å². The standard InChI is InChI=1S/C44H30N2OS/c1-44(2)37-17-5-3-13-32(37)34-21-22-39-41(42(34)44)36-20-19-29(25-40(36)48-39)46(30-12-9-23-45-26-30)28-11-7-10-27(24-28)31-15-8-16-35-33-14-4-6-18-38(33)47-43(31)35/h3-26H,1-2H3. The molecule has 0 aliphatic heterocycles. The van der Waals surface area contributed by atoms with E-state index in [1.165, 1.54) is 42.4 Å². The van der Waals surface area contributed by atoms with Gasteiger partial charge in [0.25, 0.3) is 0 Å².